The van der Waals surface area contributed by atoms with E-state index in [9.17, 15) is 8.42 Å². The van der Waals surface area contributed by atoms with Crippen molar-refractivity contribution in [2.24, 2.45) is 0 Å². The third kappa shape index (κ3) is 2.68. The first kappa shape index (κ1) is 14.2. The van der Waals surface area contributed by atoms with E-state index in [1.807, 2.05) is 6.07 Å². The van der Waals surface area contributed by atoms with Crippen LogP contribution in [0.5, 0.6) is 0 Å². The smallest absolute Gasteiger partial charge is 0.243 e. The van der Waals surface area contributed by atoms with Crippen LogP contribution in [-0.4, -0.2) is 35.0 Å². The van der Waals surface area contributed by atoms with Gasteiger partial charge in [-0.25, -0.2) is 13.4 Å². The quantitative estimate of drug-likeness (QED) is 0.897. The van der Waals surface area contributed by atoms with Gasteiger partial charge in [-0.1, -0.05) is 0 Å². The molecule has 0 unspecified atom stereocenters. The molecule has 1 aromatic carbocycles. The first-order chi connectivity index (χ1) is 9.45. The lowest BCUT2D eigenvalue weighted by Crippen LogP contribution is -2.27. The van der Waals surface area contributed by atoms with E-state index in [0.717, 1.165) is 0 Å². The zero-order chi connectivity index (χ0) is 14.8. The summed E-state index contributed by atoms with van der Waals surface area (Å²) in [4.78, 5) is 4.08. The number of aromatic nitrogens is 3. The molecule has 0 fully saturated rings. The van der Waals surface area contributed by atoms with Crippen molar-refractivity contribution in [1.29, 1.82) is 5.26 Å². The summed E-state index contributed by atoms with van der Waals surface area (Å²) in [5.41, 5.74) is 0.966. The summed E-state index contributed by atoms with van der Waals surface area (Å²) in [6, 6.07) is 6.46. The molecule has 0 amide bonds. The molecule has 0 atom stereocenters. The van der Waals surface area contributed by atoms with Gasteiger partial charge < -0.3 is 0 Å². The summed E-state index contributed by atoms with van der Waals surface area (Å²) in [5, 5.41) is 15.1. The number of H-pyrrole nitrogens is 1. The van der Waals surface area contributed by atoms with E-state index in [0.29, 0.717) is 17.0 Å². The summed E-state index contributed by atoms with van der Waals surface area (Å²) in [6.07, 6.45) is 1.32. The van der Waals surface area contributed by atoms with Gasteiger partial charge in [0.2, 0.25) is 10.0 Å². The van der Waals surface area contributed by atoms with Gasteiger partial charge in [0.25, 0.3) is 0 Å². The van der Waals surface area contributed by atoms with E-state index >= 15 is 0 Å². The zero-order valence-electron chi connectivity index (χ0n) is 11.0. The molecule has 2 rings (SSSR count). The Morgan fingerprint density at radius 2 is 2.20 bits per heavy atom. The third-order valence-corrected chi connectivity index (χ3v) is 4.79. The monoisotopic (exact) mass is 291 g/mol. The molecule has 104 valence electrons. The fourth-order valence-corrected chi connectivity index (χ4v) is 3.11. The van der Waals surface area contributed by atoms with Gasteiger partial charge >= 0.3 is 0 Å². The van der Waals surface area contributed by atoms with Crippen LogP contribution < -0.4 is 0 Å². The Bertz CT molecular complexity index is 747. The largest absolute Gasteiger partial charge is 0.262 e. The predicted octanol–water partition coefficient (Wildman–Crippen LogP) is 0.805. The van der Waals surface area contributed by atoms with Crippen LogP contribution in [-0.2, 0) is 16.6 Å². The van der Waals surface area contributed by atoms with Gasteiger partial charge in [-0.05, 0) is 30.7 Å². The highest BCUT2D eigenvalue weighted by Gasteiger charge is 2.23. The average Bonchev–Trinajstić information content (AvgIpc) is 2.91. The Labute approximate surface area is 116 Å². The highest BCUT2D eigenvalue weighted by atomic mass is 32.2. The Balaban J connectivity index is 2.33. The molecule has 0 saturated carbocycles. The number of benzene rings is 1. The van der Waals surface area contributed by atoms with Gasteiger partial charge in [-0.2, -0.15) is 14.7 Å². The predicted molar refractivity (Wildman–Crippen MR) is 70.9 cm³/mol. The normalized spacial score (nSPS) is 11.5. The van der Waals surface area contributed by atoms with Crippen molar-refractivity contribution in [3.8, 4) is 6.07 Å². The minimum atomic E-state index is -3.63. The number of nitriles is 1. The molecule has 8 heteroatoms. The van der Waals surface area contributed by atoms with Crippen LogP contribution in [0.15, 0.2) is 29.4 Å². The minimum Gasteiger partial charge on any atom is -0.262 e. The number of nitrogens with one attached hydrogen (secondary N) is 1. The van der Waals surface area contributed by atoms with Gasteiger partial charge in [-0.15, -0.1) is 0 Å². The molecule has 0 spiro atoms. The third-order valence-electron chi connectivity index (χ3n) is 2.83. The van der Waals surface area contributed by atoms with Gasteiger partial charge in [-0.3, -0.25) is 5.10 Å². The summed E-state index contributed by atoms with van der Waals surface area (Å²) >= 11 is 0. The molecule has 0 aliphatic rings. The fraction of sp³-hybridized carbons (Fsp3) is 0.250. The van der Waals surface area contributed by atoms with E-state index in [2.05, 4.69) is 15.2 Å². The molecular formula is C12H13N5O2S. The van der Waals surface area contributed by atoms with Crippen LogP contribution in [0.3, 0.4) is 0 Å². The highest BCUT2D eigenvalue weighted by Crippen LogP contribution is 2.20. The Kier molecular flexibility index (Phi) is 3.83. The lowest BCUT2D eigenvalue weighted by molar-refractivity contribution is 0.457. The van der Waals surface area contributed by atoms with E-state index in [-0.39, 0.29) is 11.4 Å². The maximum Gasteiger partial charge on any atom is 0.243 e. The number of hydrogen-bond acceptors (Lipinski definition) is 5. The van der Waals surface area contributed by atoms with Crippen LogP contribution in [0, 0.1) is 18.3 Å². The van der Waals surface area contributed by atoms with Gasteiger partial charge in [0, 0.05) is 7.05 Å². The van der Waals surface area contributed by atoms with Crippen molar-refractivity contribution in [2.75, 3.05) is 7.05 Å². The van der Waals surface area contributed by atoms with Crippen molar-refractivity contribution in [3.63, 3.8) is 0 Å². The van der Waals surface area contributed by atoms with E-state index in [1.165, 1.54) is 29.8 Å². The van der Waals surface area contributed by atoms with Crippen LogP contribution >= 0.6 is 0 Å². The summed E-state index contributed by atoms with van der Waals surface area (Å²) in [5.74, 6) is 0.461. The minimum absolute atomic E-state index is 0.0990. The molecule has 0 saturated heterocycles. The highest BCUT2D eigenvalue weighted by molar-refractivity contribution is 7.89. The second-order valence-electron chi connectivity index (χ2n) is 4.29. The summed E-state index contributed by atoms with van der Waals surface area (Å²) < 4.78 is 26.1. The number of rotatable bonds is 4. The lowest BCUT2D eigenvalue weighted by atomic mass is 10.2. The van der Waals surface area contributed by atoms with E-state index < -0.39 is 10.0 Å². The first-order valence-corrected chi connectivity index (χ1v) is 7.20. The number of aryl methyl sites for hydroxylation is 1. The number of nitrogens with zero attached hydrogens (tertiary/aromatic N) is 4. The second-order valence-corrected chi connectivity index (χ2v) is 6.30. The summed E-state index contributed by atoms with van der Waals surface area (Å²) in [6.45, 7) is 1.76. The van der Waals surface area contributed by atoms with Crippen molar-refractivity contribution in [2.45, 2.75) is 18.4 Å². The molecular weight excluding hydrogens is 278 g/mol. The maximum absolute atomic E-state index is 12.5. The molecule has 7 nitrogen and oxygen atoms in total. The topological polar surface area (TPSA) is 103 Å². The molecule has 2 aromatic rings. The van der Waals surface area contributed by atoms with Gasteiger partial charge in [0.05, 0.1) is 23.1 Å². The summed E-state index contributed by atoms with van der Waals surface area (Å²) in [7, 11) is -2.17. The Morgan fingerprint density at radius 1 is 1.45 bits per heavy atom. The average molecular weight is 291 g/mol. The molecule has 0 bridgehead atoms. The molecule has 0 aliphatic carbocycles. The SMILES string of the molecule is Cc1cc(C#N)ccc1S(=O)(=O)N(C)Cc1ncn[nH]1. The van der Waals surface area contributed by atoms with Crippen LogP contribution in [0.4, 0.5) is 0 Å². The van der Waals surface area contributed by atoms with E-state index in [4.69, 9.17) is 5.26 Å². The molecule has 20 heavy (non-hydrogen) atoms. The van der Waals surface area contributed by atoms with Crippen molar-refractivity contribution in [3.05, 3.63) is 41.5 Å². The second kappa shape index (κ2) is 5.40. The van der Waals surface area contributed by atoms with Crippen LogP contribution in [0.2, 0.25) is 0 Å². The molecule has 1 aromatic heterocycles. The number of hydrogen-bond donors (Lipinski definition) is 1. The van der Waals surface area contributed by atoms with E-state index in [1.54, 1.807) is 13.0 Å². The zero-order valence-corrected chi connectivity index (χ0v) is 11.8. The standard InChI is InChI=1S/C12H13N5O2S/c1-9-5-10(6-13)3-4-11(9)20(18,19)17(2)7-12-14-8-15-16-12/h3-5,8H,7H2,1-2H3,(H,14,15,16). The maximum atomic E-state index is 12.5. The van der Waals surface area contributed by atoms with Crippen molar-refractivity contribution in [1.82, 2.24) is 19.5 Å². The van der Waals surface area contributed by atoms with Gasteiger partial charge in [0.1, 0.15) is 12.2 Å². The van der Waals surface area contributed by atoms with Crippen molar-refractivity contribution < 1.29 is 8.42 Å². The molecule has 0 radical (unpaired) electrons. The van der Waals surface area contributed by atoms with Crippen LogP contribution in [0.25, 0.3) is 0 Å². The van der Waals surface area contributed by atoms with Crippen molar-refractivity contribution >= 4 is 10.0 Å². The Hall–Kier alpha value is -2.24. The van der Waals surface area contributed by atoms with Gasteiger partial charge in [0.15, 0.2) is 0 Å². The molecule has 1 N–H and O–H groups in total. The first-order valence-electron chi connectivity index (χ1n) is 5.76. The Morgan fingerprint density at radius 3 is 2.75 bits per heavy atom. The fourth-order valence-electron chi connectivity index (χ4n) is 1.78. The molecule has 1 heterocycles. The number of sulfonamides is 1. The molecule has 0 aliphatic heterocycles. The lowest BCUT2D eigenvalue weighted by Gasteiger charge is -2.17. The van der Waals surface area contributed by atoms with Crippen LogP contribution in [0.1, 0.15) is 17.0 Å². The number of aromatic amines is 1.